The summed E-state index contributed by atoms with van der Waals surface area (Å²) in [6.07, 6.45) is 7.35. The second-order valence-electron chi connectivity index (χ2n) is 13.0. The first kappa shape index (κ1) is 43.4. The van der Waals surface area contributed by atoms with E-state index in [1.165, 1.54) is 11.3 Å². The lowest BCUT2D eigenvalue weighted by Gasteiger charge is -2.29. The molecule has 6 N–H and O–H groups in total. The lowest BCUT2D eigenvalue weighted by Crippen LogP contribution is -2.59. The maximum Gasteiger partial charge on any atom is 0.252 e. The van der Waals surface area contributed by atoms with Crippen LogP contribution in [-0.2, 0) is 19.2 Å². The van der Waals surface area contributed by atoms with Crippen LogP contribution < -0.4 is 26.6 Å². The maximum absolute atomic E-state index is 14.0. The molecule has 0 saturated carbocycles. The van der Waals surface area contributed by atoms with Crippen molar-refractivity contribution in [3.63, 3.8) is 0 Å². The van der Waals surface area contributed by atoms with Gasteiger partial charge < -0.3 is 36.6 Å². The van der Waals surface area contributed by atoms with Gasteiger partial charge in [0.1, 0.15) is 24.2 Å². The molecule has 5 amide bonds. The number of benzene rings is 2. The van der Waals surface area contributed by atoms with Gasteiger partial charge in [0.05, 0.1) is 13.2 Å². The van der Waals surface area contributed by atoms with E-state index in [-0.39, 0.29) is 18.9 Å². The molecule has 13 heteroatoms. The number of carbonyl (C=O) groups excluding carboxylic acids is 5. The van der Waals surface area contributed by atoms with Crippen molar-refractivity contribution < 1.29 is 29.1 Å². The third-order valence-corrected chi connectivity index (χ3v) is 10.1. The lowest BCUT2D eigenvalue weighted by atomic mass is 9.96. The van der Waals surface area contributed by atoms with Crippen molar-refractivity contribution in [2.75, 3.05) is 32.8 Å². The summed E-state index contributed by atoms with van der Waals surface area (Å²) in [7, 11) is 0. The van der Waals surface area contributed by atoms with E-state index in [4.69, 9.17) is 6.42 Å². The molecule has 54 heavy (non-hydrogen) atoms. The summed E-state index contributed by atoms with van der Waals surface area (Å²) in [5.74, 6) is -1.04. The molecule has 0 fully saturated rings. The van der Waals surface area contributed by atoms with Crippen LogP contribution in [0.4, 0.5) is 0 Å². The zero-order valence-corrected chi connectivity index (χ0v) is 32.4. The van der Waals surface area contributed by atoms with Gasteiger partial charge in [0, 0.05) is 5.56 Å². The number of carbonyl (C=O) groups is 5. The number of hydrogen-bond acceptors (Lipinski definition) is 8. The highest BCUT2D eigenvalue weighted by atomic mass is 32.1. The highest BCUT2D eigenvalue weighted by Gasteiger charge is 2.34. The second kappa shape index (κ2) is 22.9. The molecule has 3 aromatic rings. The van der Waals surface area contributed by atoms with Crippen LogP contribution in [-0.4, -0.2) is 90.5 Å². The Labute approximate surface area is 322 Å². The van der Waals surface area contributed by atoms with Crippen LogP contribution in [0.3, 0.4) is 0 Å². The Morgan fingerprint density at radius 2 is 1.46 bits per heavy atom. The highest BCUT2D eigenvalue weighted by molar-refractivity contribution is 7.08. The van der Waals surface area contributed by atoms with Gasteiger partial charge in [-0.2, -0.15) is 11.3 Å². The molecule has 1 heterocycles. The number of unbranched alkanes of at least 4 members (excludes halogenated alkanes) is 1. The number of aliphatic hydroxyl groups is 1. The fraction of sp³-hybridized carbons (Fsp3) is 0.439. The van der Waals surface area contributed by atoms with E-state index in [0.717, 1.165) is 37.2 Å². The molecule has 1 unspecified atom stereocenters. The summed E-state index contributed by atoms with van der Waals surface area (Å²) in [6.45, 7) is 9.64. The van der Waals surface area contributed by atoms with Crippen molar-refractivity contribution in [1.29, 1.82) is 0 Å². The van der Waals surface area contributed by atoms with E-state index in [1.54, 1.807) is 29.0 Å². The predicted octanol–water partition coefficient (Wildman–Crippen LogP) is 3.64. The molecule has 3 rings (SSSR count). The standard InChI is InChI=1S/C41H54N6O6S/c1-6-23-42-38(50)34(26-48)44-39(51)33(17-13-14-24-47(8-3)9-4)43-40(52)35(28(5)7-2)45-41(53)36(32-22-25-54-27-32)46-37(49)31-20-18-30(19-21-31)29-15-11-10-12-16-29/h1,10-12,15-16,18-22,25,27-28,33-36,48H,7-9,13-14,17,23-24,26H2,2-5H3,(H,42,50)(H,43,52)(H,44,51)(H,45,53)(H,46,49)/t28-,33-,34-,35?,36-/m0/s1. The van der Waals surface area contributed by atoms with E-state index in [2.05, 4.69) is 51.3 Å². The minimum atomic E-state index is -1.28. The SMILES string of the molecule is C#CCNC(=O)[C@H](CO)NC(=O)[C@H](CCCCN(CC)CC)NC(=O)C(NC(=O)[C@@H](NC(=O)c1ccc(-c2ccccc2)cc1)c1ccsc1)[C@@H](C)CC. The molecule has 1 aromatic heterocycles. The summed E-state index contributed by atoms with van der Waals surface area (Å²) in [6, 6.07) is 14.1. The fourth-order valence-corrected chi connectivity index (χ4v) is 6.50. The number of nitrogens with one attached hydrogen (secondary N) is 5. The van der Waals surface area contributed by atoms with Gasteiger partial charge in [-0.1, -0.05) is 82.5 Å². The van der Waals surface area contributed by atoms with Gasteiger partial charge in [-0.3, -0.25) is 24.0 Å². The minimum absolute atomic E-state index is 0.0830. The molecule has 290 valence electrons. The van der Waals surface area contributed by atoms with Crippen LogP contribution >= 0.6 is 11.3 Å². The van der Waals surface area contributed by atoms with Gasteiger partial charge >= 0.3 is 0 Å². The fourth-order valence-electron chi connectivity index (χ4n) is 5.82. The molecule has 0 saturated heterocycles. The van der Waals surface area contributed by atoms with E-state index in [0.29, 0.717) is 24.0 Å². The Bertz CT molecular complexity index is 1670. The largest absolute Gasteiger partial charge is 0.394 e. The molecular formula is C41H54N6O6S. The average Bonchev–Trinajstić information content (AvgIpc) is 3.74. The highest BCUT2D eigenvalue weighted by Crippen LogP contribution is 2.22. The Kier molecular flexibility index (Phi) is 18.4. The van der Waals surface area contributed by atoms with Gasteiger partial charge in [-0.05, 0) is 90.5 Å². The number of amides is 5. The molecule has 0 aliphatic heterocycles. The van der Waals surface area contributed by atoms with Crippen molar-refractivity contribution in [3.05, 3.63) is 82.6 Å². The van der Waals surface area contributed by atoms with Crippen LogP contribution in [0.15, 0.2) is 71.4 Å². The van der Waals surface area contributed by atoms with E-state index in [9.17, 15) is 29.1 Å². The summed E-state index contributed by atoms with van der Waals surface area (Å²) < 4.78 is 0. The topological polar surface area (TPSA) is 169 Å². The maximum atomic E-state index is 14.0. The molecule has 0 radical (unpaired) electrons. The van der Waals surface area contributed by atoms with Crippen molar-refractivity contribution in [2.45, 2.75) is 77.5 Å². The Balaban J connectivity index is 1.80. The smallest absolute Gasteiger partial charge is 0.252 e. The molecule has 5 atom stereocenters. The van der Waals surface area contributed by atoms with Crippen LogP contribution in [0.2, 0.25) is 0 Å². The predicted molar refractivity (Wildman–Crippen MR) is 212 cm³/mol. The lowest BCUT2D eigenvalue weighted by molar-refractivity contribution is -0.135. The molecule has 2 aromatic carbocycles. The van der Waals surface area contributed by atoms with Crippen LogP contribution in [0.1, 0.15) is 75.3 Å². The first-order valence-electron chi connectivity index (χ1n) is 18.5. The van der Waals surface area contributed by atoms with Crippen LogP contribution in [0.25, 0.3) is 11.1 Å². The molecule has 12 nitrogen and oxygen atoms in total. The van der Waals surface area contributed by atoms with Gasteiger partial charge in [0.2, 0.25) is 23.6 Å². The quantitative estimate of drug-likeness (QED) is 0.0672. The van der Waals surface area contributed by atoms with E-state index in [1.807, 2.05) is 56.3 Å². The zero-order chi connectivity index (χ0) is 39.5. The number of terminal acetylenes is 1. The molecule has 0 aliphatic rings. The third-order valence-electron chi connectivity index (χ3n) is 9.39. The summed E-state index contributed by atoms with van der Waals surface area (Å²) in [4.78, 5) is 69.9. The van der Waals surface area contributed by atoms with Crippen LogP contribution in [0, 0.1) is 18.3 Å². The van der Waals surface area contributed by atoms with Crippen LogP contribution in [0.5, 0.6) is 0 Å². The van der Waals surface area contributed by atoms with Crippen molar-refractivity contribution in [3.8, 4) is 23.5 Å². The molecule has 0 spiro atoms. The van der Waals surface area contributed by atoms with Gasteiger partial charge in [0.15, 0.2) is 0 Å². The molecule has 0 aliphatic carbocycles. The number of aliphatic hydroxyl groups excluding tert-OH is 1. The Hall–Kier alpha value is -5.03. The average molecular weight is 759 g/mol. The van der Waals surface area contributed by atoms with E-state index >= 15 is 0 Å². The second-order valence-corrected chi connectivity index (χ2v) is 13.8. The van der Waals surface area contributed by atoms with E-state index < -0.39 is 60.3 Å². The first-order chi connectivity index (χ1) is 26.1. The van der Waals surface area contributed by atoms with Crippen molar-refractivity contribution >= 4 is 40.9 Å². The summed E-state index contributed by atoms with van der Waals surface area (Å²) in [5.41, 5.74) is 2.87. The normalized spacial score (nSPS) is 13.7. The van der Waals surface area contributed by atoms with Gasteiger partial charge in [-0.25, -0.2) is 0 Å². The summed E-state index contributed by atoms with van der Waals surface area (Å²) >= 11 is 1.37. The number of nitrogens with zero attached hydrogens (tertiary/aromatic N) is 1. The first-order valence-corrected chi connectivity index (χ1v) is 19.4. The van der Waals surface area contributed by atoms with Gasteiger partial charge in [-0.15, -0.1) is 6.42 Å². The van der Waals surface area contributed by atoms with Crippen molar-refractivity contribution in [2.24, 2.45) is 5.92 Å². The molecular weight excluding hydrogens is 705 g/mol. The zero-order valence-electron chi connectivity index (χ0n) is 31.6. The Morgan fingerprint density at radius 1 is 0.796 bits per heavy atom. The summed E-state index contributed by atoms with van der Waals surface area (Å²) in [5, 5.41) is 26.9. The monoisotopic (exact) mass is 758 g/mol. The van der Waals surface area contributed by atoms with Crippen molar-refractivity contribution in [1.82, 2.24) is 31.5 Å². The van der Waals surface area contributed by atoms with Gasteiger partial charge in [0.25, 0.3) is 5.91 Å². The number of rotatable bonds is 22. The number of hydrogen-bond donors (Lipinski definition) is 6. The minimum Gasteiger partial charge on any atom is -0.394 e. The Morgan fingerprint density at radius 3 is 2.06 bits per heavy atom. The molecule has 0 bridgehead atoms. The third kappa shape index (κ3) is 13.1. The number of thiophene rings is 1.